The molecule has 0 saturated carbocycles. The molecule has 19 heavy (non-hydrogen) atoms. The van der Waals surface area contributed by atoms with Gasteiger partial charge in [-0.05, 0) is 18.3 Å². The number of nitrogens with zero attached hydrogens (tertiary/aromatic N) is 2. The number of ether oxygens (including phenoxy) is 2. The van der Waals surface area contributed by atoms with Crippen LogP contribution in [0, 0.1) is 5.41 Å². The van der Waals surface area contributed by atoms with Gasteiger partial charge < -0.3 is 14.8 Å². The van der Waals surface area contributed by atoms with Crippen LogP contribution in [0.4, 0.5) is 5.82 Å². The van der Waals surface area contributed by atoms with Crippen LogP contribution in [0.25, 0.3) is 0 Å². The summed E-state index contributed by atoms with van der Waals surface area (Å²) in [7, 11) is 1.61. The Kier molecular flexibility index (Phi) is 4.96. The van der Waals surface area contributed by atoms with Gasteiger partial charge in [0.05, 0.1) is 0 Å². The molecule has 106 valence electrons. The minimum absolute atomic E-state index is 0.247. The highest BCUT2D eigenvalue weighted by molar-refractivity contribution is 6.29. The van der Waals surface area contributed by atoms with Crippen LogP contribution in [0.2, 0.25) is 5.15 Å². The summed E-state index contributed by atoms with van der Waals surface area (Å²) in [6.45, 7) is 5.15. The monoisotopic (exact) mass is 285 g/mol. The molecule has 0 unspecified atom stereocenters. The number of halogens is 1. The summed E-state index contributed by atoms with van der Waals surface area (Å²) >= 11 is 5.98. The average Bonchev–Trinajstić information content (AvgIpc) is 2.37. The second-order valence-electron chi connectivity index (χ2n) is 5.20. The van der Waals surface area contributed by atoms with Crippen LogP contribution in [0.1, 0.15) is 25.6 Å². The Labute approximate surface area is 118 Å². The van der Waals surface area contributed by atoms with Crippen LogP contribution in [0.3, 0.4) is 0 Å². The molecule has 1 aliphatic heterocycles. The first-order valence-electron chi connectivity index (χ1n) is 6.45. The summed E-state index contributed by atoms with van der Waals surface area (Å²) in [6, 6.07) is 1.74. The zero-order valence-corrected chi connectivity index (χ0v) is 12.2. The second kappa shape index (κ2) is 6.50. The molecule has 6 heteroatoms. The third-order valence-corrected chi connectivity index (χ3v) is 3.60. The van der Waals surface area contributed by atoms with Crippen molar-refractivity contribution >= 4 is 17.4 Å². The predicted molar refractivity (Wildman–Crippen MR) is 74.4 cm³/mol. The van der Waals surface area contributed by atoms with Gasteiger partial charge in [0.1, 0.15) is 17.6 Å². The molecule has 5 nitrogen and oxygen atoms in total. The molecule has 0 radical (unpaired) electrons. The Morgan fingerprint density at radius 2 is 2.16 bits per heavy atom. The van der Waals surface area contributed by atoms with Gasteiger partial charge in [-0.3, -0.25) is 0 Å². The highest BCUT2D eigenvalue weighted by Gasteiger charge is 2.27. The minimum atomic E-state index is 0.247. The number of rotatable bonds is 5. The molecule has 0 amide bonds. The zero-order valence-electron chi connectivity index (χ0n) is 11.4. The number of hydrogen-bond donors (Lipinski definition) is 1. The van der Waals surface area contributed by atoms with Crippen LogP contribution in [0.5, 0.6) is 0 Å². The van der Waals surface area contributed by atoms with E-state index < -0.39 is 0 Å². The van der Waals surface area contributed by atoms with Crippen LogP contribution in [-0.2, 0) is 16.1 Å². The van der Waals surface area contributed by atoms with Crippen molar-refractivity contribution in [3.05, 3.63) is 17.0 Å². The largest absolute Gasteiger partial charge is 0.381 e. The van der Waals surface area contributed by atoms with Gasteiger partial charge >= 0.3 is 0 Å². The van der Waals surface area contributed by atoms with Crippen molar-refractivity contribution in [3.63, 3.8) is 0 Å². The van der Waals surface area contributed by atoms with Crippen molar-refractivity contribution in [2.75, 3.05) is 32.2 Å². The van der Waals surface area contributed by atoms with E-state index in [1.54, 1.807) is 13.2 Å². The molecule has 0 atom stereocenters. The van der Waals surface area contributed by atoms with Gasteiger partial charge in [-0.25, -0.2) is 9.97 Å². The van der Waals surface area contributed by atoms with E-state index in [0.717, 1.165) is 38.4 Å². The summed E-state index contributed by atoms with van der Waals surface area (Å²) in [4.78, 5) is 8.48. The Balaban J connectivity index is 1.98. The molecule has 2 heterocycles. The summed E-state index contributed by atoms with van der Waals surface area (Å²) in [5.74, 6) is 1.34. The van der Waals surface area contributed by atoms with Crippen molar-refractivity contribution < 1.29 is 9.47 Å². The van der Waals surface area contributed by atoms with Crippen molar-refractivity contribution in [1.82, 2.24) is 9.97 Å². The quantitative estimate of drug-likeness (QED) is 0.843. The van der Waals surface area contributed by atoms with Crippen LogP contribution in [0.15, 0.2) is 6.07 Å². The Morgan fingerprint density at radius 1 is 1.42 bits per heavy atom. The van der Waals surface area contributed by atoms with Gasteiger partial charge in [0.25, 0.3) is 0 Å². The smallest absolute Gasteiger partial charge is 0.158 e. The van der Waals surface area contributed by atoms with Gasteiger partial charge in [-0.15, -0.1) is 0 Å². The molecule has 1 aromatic rings. The van der Waals surface area contributed by atoms with E-state index in [-0.39, 0.29) is 5.41 Å². The van der Waals surface area contributed by atoms with E-state index in [0.29, 0.717) is 17.6 Å². The molecule has 1 aromatic heterocycles. The standard InChI is InChI=1S/C13H20ClN3O2/c1-13(3-5-19-6-4-13)9-15-11-7-10(14)16-12(17-11)8-18-2/h7H,3-6,8-9H2,1-2H3,(H,15,16,17). The fourth-order valence-electron chi connectivity index (χ4n) is 2.09. The average molecular weight is 286 g/mol. The van der Waals surface area contributed by atoms with Gasteiger partial charge in [0, 0.05) is 32.9 Å². The first-order valence-corrected chi connectivity index (χ1v) is 6.83. The maximum absolute atomic E-state index is 5.98. The van der Waals surface area contributed by atoms with Gasteiger partial charge in [0.2, 0.25) is 0 Å². The fourth-order valence-corrected chi connectivity index (χ4v) is 2.29. The number of aromatic nitrogens is 2. The van der Waals surface area contributed by atoms with Crippen molar-refractivity contribution in [3.8, 4) is 0 Å². The molecule has 0 aliphatic carbocycles. The number of hydrogen-bond acceptors (Lipinski definition) is 5. The first kappa shape index (κ1) is 14.5. The molecule has 0 bridgehead atoms. The van der Waals surface area contributed by atoms with E-state index in [4.69, 9.17) is 21.1 Å². The Hall–Kier alpha value is -0.910. The normalized spacial score (nSPS) is 18.3. The zero-order chi connectivity index (χ0) is 13.7. The van der Waals surface area contributed by atoms with Gasteiger partial charge in [0.15, 0.2) is 5.82 Å². The third-order valence-electron chi connectivity index (χ3n) is 3.41. The molecule has 1 aliphatic rings. The Bertz CT molecular complexity index is 422. The second-order valence-corrected chi connectivity index (χ2v) is 5.59. The molecule has 0 aromatic carbocycles. The third kappa shape index (κ3) is 4.30. The topological polar surface area (TPSA) is 56.3 Å². The molecule has 1 N–H and O–H groups in total. The Morgan fingerprint density at radius 3 is 2.84 bits per heavy atom. The molecule has 0 spiro atoms. The van der Waals surface area contributed by atoms with E-state index in [1.165, 1.54) is 0 Å². The van der Waals surface area contributed by atoms with Crippen LogP contribution in [-0.4, -0.2) is 36.8 Å². The van der Waals surface area contributed by atoms with Crippen molar-refractivity contribution in [1.29, 1.82) is 0 Å². The first-order chi connectivity index (χ1) is 9.11. The summed E-state index contributed by atoms with van der Waals surface area (Å²) in [6.07, 6.45) is 2.12. The SMILES string of the molecule is COCc1nc(Cl)cc(NCC2(C)CCOCC2)n1. The molecule has 2 rings (SSSR count). The molecule has 1 saturated heterocycles. The predicted octanol–water partition coefficient (Wildman–Crippen LogP) is 2.51. The molecular weight excluding hydrogens is 266 g/mol. The van der Waals surface area contributed by atoms with Crippen LogP contribution < -0.4 is 5.32 Å². The van der Waals surface area contributed by atoms with Crippen molar-refractivity contribution in [2.24, 2.45) is 5.41 Å². The highest BCUT2D eigenvalue weighted by Crippen LogP contribution is 2.29. The lowest BCUT2D eigenvalue weighted by molar-refractivity contribution is 0.0299. The lowest BCUT2D eigenvalue weighted by Gasteiger charge is -2.33. The van der Waals surface area contributed by atoms with E-state index in [1.807, 2.05) is 0 Å². The maximum atomic E-state index is 5.98. The van der Waals surface area contributed by atoms with Gasteiger partial charge in [-0.1, -0.05) is 18.5 Å². The van der Waals surface area contributed by atoms with E-state index in [9.17, 15) is 0 Å². The fraction of sp³-hybridized carbons (Fsp3) is 0.692. The molecular formula is C13H20ClN3O2. The maximum Gasteiger partial charge on any atom is 0.158 e. The lowest BCUT2D eigenvalue weighted by Crippen LogP contribution is -2.33. The van der Waals surface area contributed by atoms with E-state index >= 15 is 0 Å². The summed E-state index contributed by atoms with van der Waals surface area (Å²) < 4.78 is 10.4. The number of methoxy groups -OCH3 is 1. The molecule has 1 fully saturated rings. The minimum Gasteiger partial charge on any atom is -0.381 e. The van der Waals surface area contributed by atoms with Crippen LogP contribution >= 0.6 is 11.6 Å². The lowest BCUT2D eigenvalue weighted by atomic mass is 9.82. The summed E-state index contributed by atoms with van der Waals surface area (Å²) in [5.41, 5.74) is 0.247. The number of anilines is 1. The van der Waals surface area contributed by atoms with E-state index in [2.05, 4.69) is 22.2 Å². The number of nitrogens with one attached hydrogen (secondary N) is 1. The summed E-state index contributed by atoms with van der Waals surface area (Å²) in [5, 5.41) is 3.78. The van der Waals surface area contributed by atoms with Crippen molar-refractivity contribution in [2.45, 2.75) is 26.4 Å². The van der Waals surface area contributed by atoms with Gasteiger partial charge in [-0.2, -0.15) is 0 Å². The highest BCUT2D eigenvalue weighted by atomic mass is 35.5.